The van der Waals surface area contributed by atoms with E-state index in [2.05, 4.69) is 33.7 Å². The van der Waals surface area contributed by atoms with Crippen molar-refractivity contribution in [3.05, 3.63) is 18.5 Å². The lowest BCUT2D eigenvalue weighted by molar-refractivity contribution is 0.112. The first-order valence-corrected chi connectivity index (χ1v) is 7.04. The first-order valence-electron chi connectivity index (χ1n) is 7.04. The van der Waals surface area contributed by atoms with Gasteiger partial charge in [-0.1, -0.05) is 0 Å². The molecule has 0 bridgehead atoms. The second kappa shape index (κ2) is 5.06. The summed E-state index contributed by atoms with van der Waals surface area (Å²) >= 11 is 0. The highest BCUT2D eigenvalue weighted by molar-refractivity contribution is 5.38. The fourth-order valence-corrected chi connectivity index (χ4v) is 3.37. The summed E-state index contributed by atoms with van der Waals surface area (Å²) in [5.41, 5.74) is 0.320. The zero-order valence-electron chi connectivity index (χ0n) is 11.7. The Bertz CT molecular complexity index is 419. The van der Waals surface area contributed by atoms with Gasteiger partial charge in [0.1, 0.15) is 0 Å². The van der Waals surface area contributed by atoms with Crippen LogP contribution in [0.1, 0.15) is 13.3 Å². The maximum atomic E-state index is 5.57. The summed E-state index contributed by atoms with van der Waals surface area (Å²) in [7, 11) is 2.23. The van der Waals surface area contributed by atoms with Gasteiger partial charge in [0.2, 0.25) is 5.95 Å². The summed E-state index contributed by atoms with van der Waals surface area (Å²) in [5, 5.41) is 0. The van der Waals surface area contributed by atoms with Crippen molar-refractivity contribution < 1.29 is 4.74 Å². The quantitative estimate of drug-likeness (QED) is 0.810. The van der Waals surface area contributed by atoms with Gasteiger partial charge in [-0.15, -0.1) is 0 Å². The van der Waals surface area contributed by atoms with Crippen molar-refractivity contribution in [1.82, 2.24) is 14.9 Å². The molecule has 2 fully saturated rings. The van der Waals surface area contributed by atoms with Gasteiger partial charge in [-0.25, -0.2) is 9.97 Å². The molecule has 0 unspecified atom stereocenters. The molecular formula is C14H22N4O. The summed E-state index contributed by atoms with van der Waals surface area (Å²) in [5.74, 6) is 1.53. The van der Waals surface area contributed by atoms with Crippen LogP contribution in [0.5, 0.6) is 0 Å². The third-order valence-corrected chi connectivity index (χ3v) is 4.37. The molecule has 3 rings (SSSR count). The normalized spacial score (nSPS) is 25.8. The van der Waals surface area contributed by atoms with E-state index in [1.54, 1.807) is 0 Å². The number of aromatic nitrogens is 2. The Balaban J connectivity index is 1.59. The van der Waals surface area contributed by atoms with Gasteiger partial charge in [-0.05, 0) is 32.4 Å². The van der Waals surface area contributed by atoms with Gasteiger partial charge in [0, 0.05) is 38.6 Å². The Labute approximate surface area is 114 Å². The van der Waals surface area contributed by atoms with Gasteiger partial charge in [-0.2, -0.15) is 0 Å². The number of hydrogen-bond acceptors (Lipinski definition) is 5. The van der Waals surface area contributed by atoms with Gasteiger partial charge in [0.05, 0.1) is 12.1 Å². The van der Waals surface area contributed by atoms with E-state index in [0.29, 0.717) is 11.5 Å². The van der Waals surface area contributed by atoms with E-state index < -0.39 is 0 Å². The molecule has 1 aromatic rings. The van der Waals surface area contributed by atoms with Crippen LogP contribution in [0.4, 0.5) is 5.95 Å². The van der Waals surface area contributed by atoms with Crippen LogP contribution in [0, 0.1) is 5.92 Å². The van der Waals surface area contributed by atoms with Gasteiger partial charge in [-0.3, -0.25) is 4.90 Å². The van der Waals surface area contributed by atoms with Crippen molar-refractivity contribution in [2.75, 3.05) is 44.8 Å². The van der Waals surface area contributed by atoms with Gasteiger partial charge in [0.25, 0.3) is 0 Å². The SMILES string of the molecule is CCOC[C@@H]1CN(C)C2(C1)CN(c1ncccn1)C2. The van der Waals surface area contributed by atoms with Crippen molar-refractivity contribution in [3.8, 4) is 0 Å². The first-order chi connectivity index (χ1) is 9.23. The molecular weight excluding hydrogens is 240 g/mol. The third kappa shape index (κ3) is 2.32. The zero-order valence-corrected chi connectivity index (χ0v) is 11.7. The number of nitrogens with zero attached hydrogens (tertiary/aromatic N) is 4. The van der Waals surface area contributed by atoms with Crippen LogP contribution in [0.25, 0.3) is 0 Å². The number of hydrogen-bond donors (Lipinski definition) is 0. The van der Waals surface area contributed by atoms with E-state index in [9.17, 15) is 0 Å². The minimum atomic E-state index is 0.320. The molecule has 0 radical (unpaired) electrons. The molecule has 19 heavy (non-hydrogen) atoms. The predicted octanol–water partition coefficient (Wildman–Crippen LogP) is 1.02. The molecule has 2 aliphatic rings. The lowest BCUT2D eigenvalue weighted by atomic mass is 9.85. The van der Waals surface area contributed by atoms with Crippen molar-refractivity contribution in [1.29, 1.82) is 0 Å². The molecule has 0 N–H and O–H groups in total. The number of ether oxygens (including phenoxy) is 1. The molecule has 1 spiro atoms. The van der Waals surface area contributed by atoms with Crippen LogP contribution in [0.15, 0.2) is 18.5 Å². The smallest absolute Gasteiger partial charge is 0.225 e. The third-order valence-electron chi connectivity index (χ3n) is 4.37. The zero-order chi connectivity index (χ0) is 13.3. The fraction of sp³-hybridized carbons (Fsp3) is 0.714. The lowest BCUT2D eigenvalue weighted by Gasteiger charge is -2.51. The largest absolute Gasteiger partial charge is 0.381 e. The van der Waals surface area contributed by atoms with Crippen LogP contribution in [-0.2, 0) is 4.74 Å². The van der Waals surface area contributed by atoms with Crippen LogP contribution in [-0.4, -0.2) is 60.3 Å². The van der Waals surface area contributed by atoms with E-state index in [-0.39, 0.29) is 0 Å². The van der Waals surface area contributed by atoms with Crippen LogP contribution in [0.3, 0.4) is 0 Å². The van der Waals surface area contributed by atoms with Crippen molar-refractivity contribution in [2.45, 2.75) is 18.9 Å². The van der Waals surface area contributed by atoms with Crippen LogP contribution < -0.4 is 4.90 Å². The average molecular weight is 262 g/mol. The summed E-state index contributed by atoms with van der Waals surface area (Å²) in [6, 6.07) is 1.86. The fourth-order valence-electron chi connectivity index (χ4n) is 3.37. The molecule has 104 valence electrons. The van der Waals surface area contributed by atoms with E-state index in [1.165, 1.54) is 6.42 Å². The standard InChI is InChI=1S/C14H22N4O/c1-3-19-9-12-7-14(17(2)8-12)10-18(11-14)13-15-5-4-6-16-13/h4-6,12H,3,7-11H2,1-2H3/t12-/m0/s1. The van der Waals surface area contributed by atoms with Crippen molar-refractivity contribution >= 4 is 5.95 Å². The topological polar surface area (TPSA) is 41.5 Å². The molecule has 5 heteroatoms. The second-order valence-corrected chi connectivity index (χ2v) is 5.74. The molecule has 0 amide bonds. The Kier molecular flexibility index (Phi) is 3.41. The van der Waals surface area contributed by atoms with E-state index in [1.807, 2.05) is 18.5 Å². The van der Waals surface area contributed by atoms with Crippen LogP contribution in [0.2, 0.25) is 0 Å². The van der Waals surface area contributed by atoms with Gasteiger partial charge >= 0.3 is 0 Å². The molecule has 0 aromatic carbocycles. The summed E-state index contributed by atoms with van der Waals surface area (Å²) in [6.07, 6.45) is 4.85. The minimum Gasteiger partial charge on any atom is -0.381 e. The molecule has 0 aliphatic carbocycles. The summed E-state index contributed by atoms with van der Waals surface area (Å²) in [6.45, 7) is 6.99. The Hall–Kier alpha value is -1.20. The van der Waals surface area contributed by atoms with Gasteiger partial charge in [0.15, 0.2) is 0 Å². The summed E-state index contributed by atoms with van der Waals surface area (Å²) < 4.78 is 5.57. The minimum absolute atomic E-state index is 0.320. The highest BCUT2D eigenvalue weighted by Crippen LogP contribution is 2.40. The molecule has 3 heterocycles. The predicted molar refractivity (Wildman–Crippen MR) is 74.2 cm³/mol. The van der Waals surface area contributed by atoms with E-state index >= 15 is 0 Å². The maximum absolute atomic E-state index is 5.57. The first kappa shape index (κ1) is 12.8. The van der Waals surface area contributed by atoms with E-state index in [4.69, 9.17) is 4.74 Å². The molecule has 1 aromatic heterocycles. The molecule has 2 aliphatic heterocycles. The number of likely N-dealkylation sites (N-methyl/N-ethyl adjacent to an activating group) is 1. The molecule has 2 saturated heterocycles. The molecule has 5 nitrogen and oxygen atoms in total. The second-order valence-electron chi connectivity index (χ2n) is 5.74. The highest BCUT2D eigenvalue weighted by Gasteiger charge is 2.52. The maximum Gasteiger partial charge on any atom is 0.225 e. The summed E-state index contributed by atoms with van der Waals surface area (Å²) in [4.78, 5) is 13.4. The Morgan fingerprint density at radius 1 is 1.37 bits per heavy atom. The van der Waals surface area contributed by atoms with Crippen LogP contribution >= 0.6 is 0 Å². The van der Waals surface area contributed by atoms with E-state index in [0.717, 1.165) is 38.8 Å². The monoisotopic (exact) mass is 262 g/mol. The van der Waals surface area contributed by atoms with Crippen molar-refractivity contribution in [2.24, 2.45) is 5.92 Å². The Morgan fingerprint density at radius 2 is 2.11 bits per heavy atom. The highest BCUT2D eigenvalue weighted by atomic mass is 16.5. The number of rotatable bonds is 4. The average Bonchev–Trinajstić information content (AvgIpc) is 2.73. The van der Waals surface area contributed by atoms with Gasteiger partial charge < -0.3 is 9.64 Å². The Morgan fingerprint density at radius 3 is 2.79 bits per heavy atom. The number of anilines is 1. The number of likely N-dealkylation sites (tertiary alicyclic amines) is 1. The molecule has 0 saturated carbocycles. The molecule has 1 atom stereocenters. The van der Waals surface area contributed by atoms with Crippen molar-refractivity contribution in [3.63, 3.8) is 0 Å². The lowest BCUT2D eigenvalue weighted by Crippen LogP contribution is -2.67.